The first kappa shape index (κ1) is 24.3. The van der Waals surface area contributed by atoms with Crippen molar-refractivity contribution in [2.75, 3.05) is 13.2 Å². The van der Waals surface area contributed by atoms with Crippen molar-refractivity contribution in [2.45, 2.75) is 79.9 Å². The van der Waals surface area contributed by atoms with Gasteiger partial charge in [-0.15, -0.1) is 0 Å². The fourth-order valence-electron chi connectivity index (χ4n) is 1.93. The quantitative estimate of drug-likeness (QED) is 0.342. The Morgan fingerprint density at radius 3 is 2.04 bits per heavy atom. The molecule has 0 saturated heterocycles. The Morgan fingerprint density at radius 1 is 1.26 bits per heavy atom. The summed E-state index contributed by atoms with van der Waals surface area (Å²) >= 11 is 0. The van der Waals surface area contributed by atoms with E-state index < -0.39 is 0 Å². The van der Waals surface area contributed by atoms with Crippen LogP contribution in [0.4, 0.5) is 0 Å². The van der Waals surface area contributed by atoms with E-state index in [-0.39, 0.29) is 6.29 Å². The summed E-state index contributed by atoms with van der Waals surface area (Å²) in [5, 5.41) is 0. The van der Waals surface area contributed by atoms with Gasteiger partial charge in [0.15, 0.2) is 6.29 Å². The monoisotopic (exact) mass is 326 g/mol. The third kappa shape index (κ3) is 15.7. The maximum absolute atomic E-state index is 10.3. The fraction of sp³-hybridized carbons (Fsp3) is 0.750. The van der Waals surface area contributed by atoms with Crippen LogP contribution in [0.25, 0.3) is 0 Å². The first-order valence-corrected chi connectivity index (χ1v) is 8.99. The Labute approximate surface area is 144 Å². The molecule has 0 heterocycles. The summed E-state index contributed by atoms with van der Waals surface area (Å²) < 4.78 is 10.1. The molecule has 3 heteroatoms. The fourth-order valence-corrected chi connectivity index (χ4v) is 1.93. The van der Waals surface area contributed by atoms with E-state index >= 15 is 0 Å². The molecule has 0 aromatic heterocycles. The number of hydrogen-bond acceptors (Lipinski definition) is 3. The van der Waals surface area contributed by atoms with Gasteiger partial charge in [0.1, 0.15) is 6.29 Å². The Hall–Kier alpha value is -0.930. The molecule has 0 bridgehead atoms. The van der Waals surface area contributed by atoms with Gasteiger partial charge in [0, 0.05) is 13.2 Å². The molecule has 1 atom stereocenters. The molecule has 136 valence electrons. The number of carbonyl (C=O) groups is 1. The molecule has 1 aliphatic rings. The second-order valence-corrected chi connectivity index (χ2v) is 5.69. The van der Waals surface area contributed by atoms with Crippen LogP contribution in [0.2, 0.25) is 0 Å². The molecule has 0 fully saturated rings. The van der Waals surface area contributed by atoms with Crippen LogP contribution in [0.3, 0.4) is 0 Å². The summed E-state index contributed by atoms with van der Waals surface area (Å²) in [6.07, 6.45) is 8.64. The van der Waals surface area contributed by atoms with Gasteiger partial charge in [-0.25, -0.2) is 0 Å². The molecular weight excluding hydrogens is 288 g/mol. The van der Waals surface area contributed by atoms with Crippen LogP contribution in [0.15, 0.2) is 23.8 Å². The van der Waals surface area contributed by atoms with E-state index in [1.165, 1.54) is 18.4 Å². The smallest absolute Gasteiger partial charge is 0.154 e. The number of aldehydes is 1. The summed E-state index contributed by atoms with van der Waals surface area (Å²) in [6.45, 7) is 17.6. The van der Waals surface area contributed by atoms with Gasteiger partial charge in [-0.1, -0.05) is 44.9 Å². The summed E-state index contributed by atoms with van der Waals surface area (Å²) in [6, 6.07) is 0. The molecule has 1 rings (SSSR count). The van der Waals surface area contributed by atoms with E-state index in [0.29, 0.717) is 5.92 Å². The van der Waals surface area contributed by atoms with Gasteiger partial charge in [0.2, 0.25) is 0 Å². The van der Waals surface area contributed by atoms with Gasteiger partial charge in [-0.05, 0) is 58.4 Å². The van der Waals surface area contributed by atoms with Crippen molar-refractivity contribution in [3.8, 4) is 0 Å². The standard InChI is InChI=1S/C10H14O.C6H14O2.C4H10/c1-8(2)10-5-3-9(7-11)4-6-10;1-4-7-6(3)8-5-2;1-3-4-2/h3,7,10H,1,4-6H2,2H3;6H,4-5H2,1-3H3;3-4H2,1-2H3. The minimum Gasteiger partial charge on any atom is -0.353 e. The molecule has 23 heavy (non-hydrogen) atoms. The van der Waals surface area contributed by atoms with Crippen molar-refractivity contribution in [1.29, 1.82) is 0 Å². The summed E-state index contributed by atoms with van der Waals surface area (Å²) in [7, 11) is 0. The largest absolute Gasteiger partial charge is 0.353 e. The summed E-state index contributed by atoms with van der Waals surface area (Å²) in [4.78, 5) is 10.3. The van der Waals surface area contributed by atoms with Crippen LogP contribution in [0.5, 0.6) is 0 Å². The van der Waals surface area contributed by atoms with Gasteiger partial charge in [-0.2, -0.15) is 0 Å². The number of unbranched alkanes of at least 4 members (excludes halogenated alkanes) is 1. The van der Waals surface area contributed by atoms with Crippen molar-refractivity contribution in [3.05, 3.63) is 23.8 Å². The highest BCUT2D eigenvalue weighted by atomic mass is 16.7. The van der Waals surface area contributed by atoms with Crippen LogP contribution >= 0.6 is 0 Å². The predicted molar refractivity (Wildman–Crippen MR) is 99.6 cm³/mol. The minimum absolute atomic E-state index is 0.0370. The third-order valence-electron chi connectivity index (χ3n) is 3.60. The van der Waals surface area contributed by atoms with E-state index in [4.69, 9.17) is 9.47 Å². The molecule has 0 saturated carbocycles. The number of allylic oxidation sites excluding steroid dienone is 3. The number of hydrogen-bond donors (Lipinski definition) is 0. The van der Waals surface area contributed by atoms with E-state index in [0.717, 1.165) is 44.3 Å². The lowest BCUT2D eigenvalue weighted by Crippen LogP contribution is -2.11. The number of carbonyl (C=O) groups excluding carboxylic acids is 1. The predicted octanol–water partition coefficient (Wildman–Crippen LogP) is 5.70. The van der Waals surface area contributed by atoms with E-state index in [1.807, 2.05) is 26.8 Å². The Bertz CT molecular complexity index is 313. The highest BCUT2D eigenvalue weighted by Gasteiger charge is 2.13. The second-order valence-electron chi connectivity index (χ2n) is 5.69. The van der Waals surface area contributed by atoms with E-state index in [1.54, 1.807) is 0 Å². The van der Waals surface area contributed by atoms with Crippen molar-refractivity contribution < 1.29 is 14.3 Å². The molecule has 0 amide bonds. The molecule has 0 radical (unpaired) electrons. The lowest BCUT2D eigenvalue weighted by Gasteiger charge is -2.19. The van der Waals surface area contributed by atoms with Crippen molar-refractivity contribution >= 4 is 6.29 Å². The van der Waals surface area contributed by atoms with Crippen LogP contribution < -0.4 is 0 Å². The highest BCUT2D eigenvalue weighted by molar-refractivity contribution is 5.73. The topological polar surface area (TPSA) is 35.5 Å². The van der Waals surface area contributed by atoms with Gasteiger partial charge < -0.3 is 9.47 Å². The molecular formula is C20H38O3. The third-order valence-corrected chi connectivity index (χ3v) is 3.60. The molecule has 0 spiro atoms. The molecule has 0 N–H and O–H groups in total. The number of ether oxygens (including phenoxy) is 2. The van der Waals surface area contributed by atoms with Gasteiger partial charge in [-0.3, -0.25) is 4.79 Å². The average molecular weight is 327 g/mol. The van der Waals surface area contributed by atoms with E-state index in [9.17, 15) is 4.79 Å². The average Bonchev–Trinajstić information content (AvgIpc) is 2.56. The Kier molecular flexibility index (Phi) is 18.4. The first-order chi connectivity index (χ1) is 11.0. The molecule has 1 aliphatic carbocycles. The molecule has 0 aromatic carbocycles. The molecule has 1 unspecified atom stereocenters. The number of rotatable bonds is 7. The minimum atomic E-state index is -0.0370. The SMILES string of the molecule is C=C(C)C1CC=C(C=O)CC1.CCCC.CCOC(C)OCC. The molecule has 0 aromatic rings. The van der Waals surface area contributed by atoms with Gasteiger partial charge >= 0.3 is 0 Å². The van der Waals surface area contributed by atoms with Crippen LogP contribution in [0, 0.1) is 5.92 Å². The summed E-state index contributed by atoms with van der Waals surface area (Å²) in [5.41, 5.74) is 2.20. The summed E-state index contributed by atoms with van der Waals surface area (Å²) in [5.74, 6) is 0.610. The second kappa shape index (κ2) is 17.4. The van der Waals surface area contributed by atoms with E-state index in [2.05, 4.69) is 27.4 Å². The lowest BCUT2D eigenvalue weighted by molar-refractivity contribution is -0.123. The van der Waals surface area contributed by atoms with Crippen molar-refractivity contribution in [1.82, 2.24) is 0 Å². The van der Waals surface area contributed by atoms with Gasteiger partial charge in [0.05, 0.1) is 0 Å². The Balaban J connectivity index is 0. The van der Waals surface area contributed by atoms with Crippen molar-refractivity contribution in [3.63, 3.8) is 0 Å². The zero-order valence-corrected chi connectivity index (χ0v) is 16.2. The Morgan fingerprint density at radius 2 is 1.78 bits per heavy atom. The maximum atomic E-state index is 10.3. The van der Waals surface area contributed by atoms with Crippen molar-refractivity contribution in [2.24, 2.45) is 5.92 Å². The molecule has 0 aliphatic heterocycles. The highest BCUT2D eigenvalue weighted by Crippen LogP contribution is 2.26. The van der Waals surface area contributed by atoms with Crippen LogP contribution in [0.1, 0.15) is 73.6 Å². The first-order valence-electron chi connectivity index (χ1n) is 8.99. The van der Waals surface area contributed by atoms with Crippen LogP contribution in [-0.2, 0) is 14.3 Å². The normalized spacial score (nSPS) is 16.5. The zero-order chi connectivity index (χ0) is 18.1. The molecule has 3 nitrogen and oxygen atoms in total. The lowest BCUT2D eigenvalue weighted by atomic mass is 9.86. The van der Waals surface area contributed by atoms with Crippen LogP contribution in [-0.4, -0.2) is 25.8 Å². The zero-order valence-electron chi connectivity index (χ0n) is 16.2. The maximum Gasteiger partial charge on any atom is 0.154 e. The van der Waals surface area contributed by atoms with Gasteiger partial charge in [0.25, 0.3) is 0 Å².